The molecular formula is C32H43Cl3F2N6O2. The van der Waals surface area contributed by atoms with Crippen molar-refractivity contribution >= 4 is 60.7 Å². The molecule has 5 rings (SSSR count). The highest BCUT2D eigenvalue weighted by Crippen LogP contribution is 2.38. The Morgan fingerprint density at radius 3 is 2.31 bits per heavy atom. The van der Waals surface area contributed by atoms with Crippen LogP contribution in [0.25, 0.3) is 0 Å². The van der Waals surface area contributed by atoms with E-state index in [-0.39, 0.29) is 60.5 Å². The largest absolute Gasteiger partial charge is 0.371 e. The number of hydrogen-bond donors (Lipinski definition) is 2. The van der Waals surface area contributed by atoms with Crippen LogP contribution in [0.3, 0.4) is 0 Å². The molecule has 13 heteroatoms. The molecule has 2 aliphatic heterocycles. The first-order valence-electron chi connectivity index (χ1n) is 14.6. The molecule has 0 spiro atoms. The van der Waals surface area contributed by atoms with Gasteiger partial charge in [0.25, 0.3) is 0 Å². The van der Waals surface area contributed by atoms with Crippen molar-refractivity contribution in [3.8, 4) is 0 Å². The zero-order valence-electron chi connectivity index (χ0n) is 26.0. The smallest absolute Gasteiger partial charge is 0.231 e. The number of nitrogens with zero attached hydrogens (tertiary/aromatic N) is 4. The molecule has 2 amide bonds. The first kappa shape index (κ1) is 38.3. The van der Waals surface area contributed by atoms with E-state index in [0.29, 0.717) is 31.1 Å². The van der Waals surface area contributed by atoms with Crippen LogP contribution < -0.4 is 15.5 Å². The van der Waals surface area contributed by atoms with Crippen LogP contribution in [0.5, 0.6) is 0 Å². The highest BCUT2D eigenvalue weighted by atomic mass is 35.5. The molecule has 0 bridgehead atoms. The number of halogens is 5. The van der Waals surface area contributed by atoms with Gasteiger partial charge in [0.2, 0.25) is 17.8 Å². The topological polar surface area (TPSA) is 82.5 Å². The summed E-state index contributed by atoms with van der Waals surface area (Å²) < 4.78 is 30.5. The SMILES string of the molecule is CNC(=O)C1CCN(c2ccccc2Cn2ccnc2NC(=O)[C@@H]2CN(C(C)(C)C)C[C@H]2c2ccc(F)cc2F)CC1.Cl.Cl.Cl. The van der Waals surface area contributed by atoms with Gasteiger partial charge in [-0.1, -0.05) is 24.3 Å². The summed E-state index contributed by atoms with van der Waals surface area (Å²) in [6, 6.07) is 11.7. The minimum absolute atomic E-state index is 0. The van der Waals surface area contributed by atoms with Crippen LogP contribution in [-0.4, -0.2) is 65.0 Å². The van der Waals surface area contributed by atoms with Gasteiger partial charge in [-0.05, 0) is 56.9 Å². The fourth-order valence-electron chi connectivity index (χ4n) is 6.22. The molecule has 0 aliphatic carbocycles. The zero-order chi connectivity index (χ0) is 30.0. The standard InChI is InChI=1S/C32H40F2N6O2.3ClH/c1-32(2,3)40-19-25(24-10-9-23(33)17-27(24)34)26(20-40)30(42)37-31-36-13-16-39(31)18-22-7-5-6-8-28(22)38-14-11-21(12-15-38)29(41)35-4;;;/h5-10,13,16-17,21,25-26H,11-12,14-15,18-20H2,1-4H3,(H,35,41)(H,36,37,42);3*1H/t25-,26+;;;/m0.../s1. The summed E-state index contributed by atoms with van der Waals surface area (Å²) in [7, 11) is 1.68. The summed E-state index contributed by atoms with van der Waals surface area (Å²) in [5, 5.41) is 5.77. The van der Waals surface area contributed by atoms with Gasteiger partial charge in [-0.2, -0.15) is 0 Å². The summed E-state index contributed by atoms with van der Waals surface area (Å²) in [6.07, 6.45) is 5.07. The van der Waals surface area contributed by atoms with Gasteiger partial charge in [0, 0.05) is 74.7 Å². The van der Waals surface area contributed by atoms with Crippen molar-refractivity contribution in [1.82, 2.24) is 19.8 Å². The summed E-state index contributed by atoms with van der Waals surface area (Å²) in [4.78, 5) is 34.8. The van der Waals surface area contributed by atoms with E-state index in [2.05, 4.69) is 58.3 Å². The van der Waals surface area contributed by atoms with Gasteiger partial charge in [-0.25, -0.2) is 13.8 Å². The lowest BCUT2D eigenvalue weighted by molar-refractivity contribution is -0.125. The number of rotatable bonds is 7. The van der Waals surface area contributed by atoms with Crippen molar-refractivity contribution < 1.29 is 18.4 Å². The number of nitrogens with one attached hydrogen (secondary N) is 2. The molecule has 0 unspecified atom stereocenters. The Kier molecular flexibility index (Phi) is 13.7. The van der Waals surface area contributed by atoms with Crippen LogP contribution in [0.15, 0.2) is 54.9 Å². The van der Waals surface area contributed by atoms with Crippen LogP contribution in [0.1, 0.15) is 50.7 Å². The maximum atomic E-state index is 14.9. The second kappa shape index (κ2) is 16.1. The number of hydrogen-bond acceptors (Lipinski definition) is 5. The summed E-state index contributed by atoms with van der Waals surface area (Å²) in [5.41, 5.74) is 2.30. The van der Waals surface area contributed by atoms with Crippen molar-refractivity contribution in [1.29, 1.82) is 0 Å². The fourth-order valence-corrected chi connectivity index (χ4v) is 6.22. The molecule has 1 aromatic heterocycles. The maximum Gasteiger partial charge on any atom is 0.231 e. The van der Waals surface area contributed by atoms with Crippen LogP contribution in [0.2, 0.25) is 0 Å². The number of carbonyl (C=O) groups is 2. The molecule has 2 N–H and O–H groups in total. The summed E-state index contributed by atoms with van der Waals surface area (Å²) in [6.45, 7) is 9.21. The van der Waals surface area contributed by atoms with Crippen LogP contribution >= 0.6 is 37.2 Å². The molecule has 2 aromatic carbocycles. The summed E-state index contributed by atoms with van der Waals surface area (Å²) >= 11 is 0. The van der Waals surface area contributed by atoms with E-state index in [1.54, 1.807) is 13.2 Å². The van der Waals surface area contributed by atoms with E-state index < -0.39 is 23.5 Å². The van der Waals surface area contributed by atoms with Crippen molar-refractivity contribution in [2.45, 2.75) is 51.6 Å². The molecule has 2 atom stereocenters. The fraction of sp³-hybridized carbons (Fsp3) is 0.469. The van der Waals surface area contributed by atoms with Crippen molar-refractivity contribution in [3.05, 3.63) is 77.6 Å². The average molecular weight is 688 g/mol. The van der Waals surface area contributed by atoms with Crippen molar-refractivity contribution in [2.24, 2.45) is 11.8 Å². The van der Waals surface area contributed by atoms with Gasteiger partial charge < -0.3 is 14.8 Å². The molecule has 0 saturated carbocycles. The monoisotopic (exact) mass is 686 g/mol. The molecular weight excluding hydrogens is 645 g/mol. The highest BCUT2D eigenvalue weighted by Gasteiger charge is 2.43. The molecule has 2 saturated heterocycles. The van der Waals surface area contributed by atoms with Crippen LogP contribution in [0.4, 0.5) is 20.4 Å². The van der Waals surface area contributed by atoms with Gasteiger partial charge in [0.1, 0.15) is 11.6 Å². The van der Waals surface area contributed by atoms with Gasteiger partial charge in [0.05, 0.1) is 12.5 Å². The van der Waals surface area contributed by atoms with E-state index in [4.69, 9.17) is 0 Å². The molecule has 3 aromatic rings. The van der Waals surface area contributed by atoms with Gasteiger partial charge in [0.15, 0.2) is 0 Å². The number of likely N-dealkylation sites (tertiary alicyclic amines) is 1. The number of benzene rings is 2. The van der Waals surface area contributed by atoms with Crippen molar-refractivity contribution in [3.63, 3.8) is 0 Å². The minimum Gasteiger partial charge on any atom is -0.371 e. The normalized spacial score (nSPS) is 18.8. The third kappa shape index (κ3) is 8.67. The molecule has 2 aliphatic rings. The molecule has 8 nitrogen and oxygen atoms in total. The Labute approximate surface area is 282 Å². The Balaban J connectivity index is 0.00000235. The molecule has 2 fully saturated rings. The number of amides is 2. The van der Waals surface area contributed by atoms with E-state index >= 15 is 0 Å². The number of para-hydroxylation sites is 1. The lowest BCUT2D eigenvalue weighted by Crippen LogP contribution is -2.40. The third-order valence-corrected chi connectivity index (χ3v) is 8.70. The van der Waals surface area contributed by atoms with Crippen molar-refractivity contribution in [2.75, 3.05) is 43.4 Å². The Morgan fingerprint density at radius 1 is 0.978 bits per heavy atom. The Morgan fingerprint density at radius 2 is 1.67 bits per heavy atom. The quantitative estimate of drug-likeness (QED) is 0.324. The maximum absolute atomic E-state index is 14.9. The van der Waals surface area contributed by atoms with Crippen LogP contribution in [0, 0.1) is 23.5 Å². The number of imidazole rings is 1. The Bertz CT molecular complexity index is 1440. The highest BCUT2D eigenvalue weighted by molar-refractivity contribution is 5.92. The van der Waals surface area contributed by atoms with E-state index in [9.17, 15) is 18.4 Å². The predicted octanol–water partition coefficient (Wildman–Crippen LogP) is 5.89. The number of piperidine rings is 1. The first-order valence-corrected chi connectivity index (χ1v) is 14.6. The molecule has 3 heterocycles. The number of anilines is 2. The number of aromatic nitrogens is 2. The number of carbonyl (C=O) groups excluding carboxylic acids is 2. The third-order valence-electron chi connectivity index (χ3n) is 8.70. The lowest BCUT2D eigenvalue weighted by Gasteiger charge is -2.34. The zero-order valence-corrected chi connectivity index (χ0v) is 28.4. The lowest BCUT2D eigenvalue weighted by atomic mass is 9.88. The molecule has 248 valence electrons. The van der Waals surface area contributed by atoms with Gasteiger partial charge in [-0.3, -0.25) is 19.8 Å². The second-order valence-electron chi connectivity index (χ2n) is 12.3. The van der Waals surface area contributed by atoms with Gasteiger partial charge >= 0.3 is 0 Å². The second-order valence-corrected chi connectivity index (χ2v) is 12.3. The average Bonchev–Trinajstić information content (AvgIpc) is 3.60. The van der Waals surface area contributed by atoms with E-state index in [1.807, 2.05) is 22.9 Å². The first-order chi connectivity index (χ1) is 20.0. The minimum atomic E-state index is -0.638. The van der Waals surface area contributed by atoms with Crippen LogP contribution in [-0.2, 0) is 16.1 Å². The van der Waals surface area contributed by atoms with E-state index in [1.165, 1.54) is 12.1 Å². The summed E-state index contributed by atoms with van der Waals surface area (Å²) in [5.74, 6) is -1.93. The van der Waals surface area contributed by atoms with Gasteiger partial charge in [-0.15, -0.1) is 37.2 Å². The molecule has 0 radical (unpaired) electrons. The van der Waals surface area contributed by atoms with E-state index in [0.717, 1.165) is 43.2 Å². The molecule has 45 heavy (non-hydrogen) atoms. The predicted molar refractivity (Wildman–Crippen MR) is 181 cm³/mol. The Hall–Kier alpha value is -2.92.